The van der Waals surface area contributed by atoms with Gasteiger partial charge in [-0.05, 0) is 58.1 Å². The van der Waals surface area contributed by atoms with E-state index < -0.39 is 0 Å². The lowest BCUT2D eigenvalue weighted by molar-refractivity contribution is 0.262. The number of para-hydroxylation sites is 2. The van der Waals surface area contributed by atoms with E-state index in [1.807, 2.05) is 60.7 Å². The lowest BCUT2D eigenvalue weighted by Crippen LogP contribution is -2.20. The lowest BCUT2D eigenvalue weighted by atomic mass is 10.0. The fraction of sp³-hybridized carbons (Fsp3) is 0.0952. The Bertz CT molecular complexity index is 849. The number of amides is 2. The van der Waals surface area contributed by atoms with Crippen LogP contribution in [-0.2, 0) is 12.8 Å². The van der Waals surface area contributed by atoms with Crippen LogP contribution in [0.15, 0.2) is 83.3 Å². The van der Waals surface area contributed by atoms with E-state index in [-0.39, 0.29) is 6.03 Å². The molecule has 3 aromatic rings. The minimum Gasteiger partial charge on any atom is -0.307 e. The van der Waals surface area contributed by atoms with Crippen molar-refractivity contribution in [1.82, 2.24) is 0 Å². The number of hydrogen-bond donors (Lipinski definition) is 2. The Morgan fingerprint density at radius 1 is 0.720 bits per heavy atom. The van der Waals surface area contributed by atoms with Crippen molar-refractivity contribution in [3.8, 4) is 0 Å². The highest BCUT2D eigenvalue weighted by atomic mass is 79.9. The molecule has 0 bridgehead atoms. The normalized spacial score (nSPS) is 10.3. The minimum absolute atomic E-state index is 0.251. The van der Waals surface area contributed by atoms with E-state index >= 15 is 0 Å². The Labute approximate surface area is 156 Å². The van der Waals surface area contributed by atoms with Gasteiger partial charge in [-0.2, -0.15) is 0 Å². The van der Waals surface area contributed by atoms with Crippen LogP contribution in [0.1, 0.15) is 11.1 Å². The fourth-order valence-corrected chi connectivity index (χ4v) is 3.01. The Morgan fingerprint density at radius 2 is 1.32 bits per heavy atom. The fourth-order valence-electron chi connectivity index (χ4n) is 2.62. The van der Waals surface area contributed by atoms with Crippen LogP contribution in [0.3, 0.4) is 0 Å². The van der Waals surface area contributed by atoms with Crippen molar-refractivity contribution >= 4 is 33.3 Å². The average Bonchev–Trinajstić information content (AvgIpc) is 2.64. The van der Waals surface area contributed by atoms with Gasteiger partial charge >= 0.3 is 6.03 Å². The first-order chi connectivity index (χ1) is 12.2. The summed E-state index contributed by atoms with van der Waals surface area (Å²) in [6.45, 7) is 0. The average molecular weight is 395 g/mol. The summed E-state index contributed by atoms with van der Waals surface area (Å²) in [6, 6.07) is 25.5. The van der Waals surface area contributed by atoms with Crippen molar-refractivity contribution in [2.75, 3.05) is 10.6 Å². The first-order valence-electron chi connectivity index (χ1n) is 8.17. The van der Waals surface area contributed by atoms with Gasteiger partial charge in [0.05, 0.1) is 5.69 Å². The summed E-state index contributed by atoms with van der Waals surface area (Å²) in [5.41, 5.74) is 3.98. The Hall–Kier alpha value is -2.59. The van der Waals surface area contributed by atoms with Gasteiger partial charge in [-0.1, -0.05) is 60.7 Å². The minimum atomic E-state index is -0.251. The number of benzene rings is 3. The zero-order valence-corrected chi connectivity index (χ0v) is 15.3. The van der Waals surface area contributed by atoms with Crippen molar-refractivity contribution in [3.05, 3.63) is 94.5 Å². The molecule has 0 radical (unpaired) electrons. The zero-order chi connectivity index (χ0) is 17.5. The van der Waals surface area contributed by atoms with E-state index in [0.29, 0.717) is 0 Å². The molecule has 0 aromatic heterocycles. The molecule has 0 heterocycles. The zero-order valence-electron chi connectivity index (χ0n) is 13.7. The Balaban J connectivity index is 1.66. The molecule has 4 heteroatoms. The number of carbonyl (C=O) groups is 1. The van der Waals surface area contributed by atoms with Crippen molar-refractivity contribution in [2.24, 2.45) is 0 Å². The highest BCUT2D eigenvalue weighted by Crippen LogP contribution is 2.22. The van der Waals surface area contributed by atoms with Crippen molar-refractivity contribution < 1.29 is 4.79 Å². The molecule has 0 atom stereocenters. The second-order valence-corrected chi connectivity index (χ2v) is 6.56. The van der Waals surface area contributed by atoms with Gasteiger partial charge in [-0.15, -0.1) is 0 Å². The number of halogens is 1. The van der Waals surface area contributed by atoms with Crippen molar-refractivity contribution in [3.63, 3.8) is 0 Å². The maximum Gasteiger partial charge on any atom is 0.323 e. The topological polar surface area (TPSA) is 41.1 Å². The van der Waals surface area contributed by atoms with Gasteiger partial charge in [-0.25, -0.2) is 4.79 Å². The first kappa shape index (κ1) is 17.2. The predicted octanol–water partition coefficient (Wildman–Crippen LogP) is 5.88. The molecule has 3 aromatic carbocycles. The molecule has 2 N–H and O–H groups in total. The summed E-state index contributed by atoms with van der Waals surface area (Å²) in [5.74, 6) is 0. The number of nitrogens with one attached hydrogen (secondary N) is 2. The Morgan fingerprint density at radius 3 is 2.08 bits per heavy atom. The molecule has 0 spiro atoms. The van der Waals surface area contributed by atoms with E-state index in [9.17, 15) is 4.79 Å². The van der Waals surface area contributed by atoms with Crippen molar-refractivity contribution in [2.45, 2.75) is 12.8 Å². The van der Waals surface area contributed by atoms with Gasteiger partial charge in [-0.3, -0.25) is 0 Å². The SMILES string of the molecule is O=C(Nc1ccccc1Br)Nc1ccccc1CCc1ccccc1. The monoisotopic (exact) mass is 394 g/mol. The number of rotatable bonds is 5. The first-order valence-corrected chi connectivity index (χ1v) is 8.96. The summed E-state index contributed by atoms with van der Waals surface area (Å²) < 4.78 is 0.850. The molecular formula is C21H19BrN2O. The molecule has 126 valence electrons. The largest absolute Gasteiger partial charge is 0.323 e. The van der Waals surface area contributed by atoms with Crippen LogP contribution in [0.5, 0.6) is 0 Å². The lowest BCUT2D eigenvalue weighted by Gasteiger charge is -2.13. The van der Waals surface area contributed by atoms with Crippen LogP contribution in [0, 0.1) is 0 Å². The highest BCUT2D eigenvalue weighted by Gasteiger charge is 2.08. The van der Waals surface area contributed by atoms with Gasteiger partial charge < -0.3 is 10.6 Å². The molecule has 2 amide bonds. The number of anilines is 2. The quantitative estimate of drug-likeness (QED) is 0.557. The van der Waals surface area contributed by atoms with E-state index in [1.165, 1.54) is 5.56 Å². The van der Waals surface area contributed by atoms with Crippen LogP contribution >= 0.6 is 15.9 Å². The Kier molecular flexibility index (Phi) is 5.86. The van der Waals surface area contributed by atoms with Gasteiger partial charge in [0, 0.05) is 10.2 Å². The molecule has 3 rings (SSSR count). The second-order valence-electron chi connectivity index (χ2n) is 5.70. The van der Waals surface area contributed by atoms with Crippen molar-refractivity contribution in [1.29, 1.82) is 0 Å². The van der Waals surface area contributed by atoms with Crippen LogP contribution in [0.2, 0.25) is 0 Å². The van der Waals surface area contributed by atoms with Gasteiger partial charge in [0.1, 0.15) is 0 Å². The van der Waals surface area contributed by atoms with Gasteiger partial charge in [0.15, 0.2) is 0 Å². The number of urea groups is 1. The standard InChI is InChI=1S/C21H19BrN2O/c22-18-11-5-7-13-20(18)24-21(25)23-19-12-6-4-10-17(19)15-14-16-8-2-1-3-9-16/h1-13H,14-15H2,(H2,23,24,25). The molecular weight excluding hydrogens is 376 g/mol. The molecule has 0 unspecified atom stereocenters. The molecule has 0 aliphatic heterocycles. The molecule has 0 aliphatic carbocycles. The summed E-state index contributed by atoms with van der Waals surface area (Å²) in [4.78, 5) is 12.3. The highest BCUT2D eigenvalue weighted by molar-refractivity contribution is 9.10. The van der Waals surface area contributed by atoms with Crippen LogP contribution < -0.4 is 10.6 Å². The maximum atomic E-state index is 12.3. The van der Waals surface area contributed by atoms with Crippen LogP contribution in [0.4, 0.5) is 16.2 Å². The van der Waals surface area contributed by atoms with Gasteiger partial charge in [0.25, 0.3) is 0 Å². The summed E-state index contributed by atoms with van der Waals surface area (Å²) in [7, 11) is 0. The number of carbonyl (C=O) groups excluding carboxylic acids is 1. The predicted molar refractivity (Wildman–Crippen MR) is 107 cm³/mol. The molecule has 0 saturated heterocycles. The second kappa shape index (κ2) is 8.49. The van der Waals surface area contributed by atoms with Gasteiger partial charge in [0.2, 0.25) is 0 Å². The summed E-state index contributed by atoms with van der Waals surface area (Å²) in [5, 5.41) is 5.81. The van der Waals surface area contributed by atoms with E-state index in [0.717, 1.165) is 34.3 Å². The smallest absolute Gasteiger partial charge is 0.307 e. The third-order valence-electron chi connectivity index (χ3n) is 3.91. The van der Waals surface area contributed by atoms with E-state index in [1.54, 1.807) is 0 Å². The summed E-state index contributed by atoms with van der Waals surface area (Å²) in [6.07, 6.45) is 1.81. The van der Waals surface area contributed by atoms with E-state index in [4.69, 9.17) is 0 Å². The molecule has 0 aliphatic rings. The molecule has 3 nitrogen and oxygen atoms in total. The molecule has 0 fully saturated rings. The van der Waals surface area contributed by atoms with Crippen LogP contribution in [-0.4, -0.2) is 6.03 Å². The molecule has 25 heavy (non-hydrogen) atoms. The third-order valence-corrected chi connectivity index (χ3v) is 4.60. The third kappa shape index (κ3) is 4.94. The number of hydrogen-bond acceptors (Lipinski definition) is 1. The van der Waals surface area contributed by atoms with E-state index in [2.05, 4.69) is 44.8 Å². The maximum absolute atomic E-state index is 12.3. The number of aryl methyl sites for hydroxylation is 2. The van der Waals surface area contributed by atoms with Crippen LogP contribution in [0.25, 0.3) is 0 Å². The summed E-state index contributed by atoms with van der Waals surface area (Å²) >= 11 is 3.43. The molecule has 0 saturated carbocycles.